The van der Waals surface area contributed by atoms with Gasteiger partial charge in [-0.3, -0.25) is 5.10 Å². The summed E-state index contributed by atoms with van der Waals surface area (Å²) in [5.41, 5.74) is 0.656. The number of hydrogen-bond acceptors (Lipinski definition) is 6. The van der Waals surface area contributed by atoms with Gasteiger partial charge in [0, 0.05) is 5.41 Å². The zero-order valence-corrected chi connectivity index (χ0v) is 11.6. The van der Waals surface area contributed by atoms with Gasteiger partial charge in [-0.05, 0) is 0 Å². The molecule has 3 heterocycles. The van der Waals surface area contributed by atoms with Gasteiger partial charge in [0.25, 0.3) is 0 Å². The Morgan fingerprint density at radius 3 is 2.80 bits per heavy atom. The highest BCUT2D eigenvalue weighted by molar-refractivity contribution is 5.85. The second-order valence-corrected chi connectivity index (χ2v) is 5.58. The Kier molecular flexibility index (Phi) is 2.89. The number of hydrogen-bond donors (Lipinski definition) is 2. The Labute approximate surface area is 115 Å². The minimum atomic E-state index is -0.0437. The van der Waals surface area contributed by atoms with Gasteiger partial charge < -0.3 is 9.73 Å². The van der Waals surface area contributed by atoms with Crippen molar-refractivity contribution in [3.63, 3.8) is 0 Å². The highest BCUT2D eigenvalue weighted by Crippen LogP contribution is 2.23. The fourth-order valence-corrected chi connectivity index (χ4v) is 1.80. The van der Waals surface area contributed by atoms with Crippen LogP contribution < -0.4 is 5.32 Å². The molecule has 104 valence electrons. The lowest BCUT2D eigenvalue weighted by molar-refractivity contribution is 0.385. The molecule has 3 aromatic rings. The molecule has 0 spiro atoms. The first kappa shape index (κ1) is 12.6. The molecule has 0 aliphatic carbocycles. The van der Waals surface area contributed by atoms with Crippen LogP contribution in [0.5, 0.6) is 0 Å². The van der Waals surface area contributed by atoms with Gasteiger partial charge in [0.15, 0.2) is 5.65 Å². The van der Waals surface area contributed by atoms with Crippen LogP contribution in [0.4, 0.5) is 5.82 Å². The molecule has 0 aliphatic rings. The van der Waals surface area contributed by atoms with E-state index in [0.717, 1.165) is 11.1 Å². The smallest absolute Gasteiger partial charge is 0.213 e. The van der Waals surface area contributed by atoms with Crippen molar-refractivity contribution in [1.82, 2.24) is 25.1 Å². The number of aromatic amines is 1. The zero-order valence-electron chi connectivity index (χ0n) is 11.6. The van der Waals surface area contributed by atoms with Gasteiger partial charge in [-0.1, -0.05) is 20.8 Å². The van der Waals surface area contributed by atoms with Crippen LogP contribution in [-0.4, -0.2) is 25.1 Å². The Bertz CT molecular complexity index is 724. The highest BCUT2D eigenvalue weighted by Gasteiger charge is 2.19. The summed E-state index contributed by atoms with van der Waals surface area (Å²) in [6, 6.07) is 0. The number of anilines is 1. The fraction of sp³-hybridized carbons (Fsp3) is 0.385. The third kappa shape index (κ3) is 2.34. The van der Waals surface area contributed by atoms with Gasteiger partial charge in [0.05, 0.1) is 24.3 Å². The zero-order chi connectivity index (χ0) is 14.2. The lowest BCUT2D eigenvalue weighted by Crippen LogP contribution is -2.09. The van der Waals surface area contributed by atoms with E-state index in [4.69, 9.17) is 4.42 Å². The van der Waals surface area contributed by atoms with Gasteiger partial charge in [0.1, 0.15) is 17.9 Å². The number of oxazole rings is 1. The average Bonchev–Trinajstić information content (AvgIpc) is 3.04. The molecule has 2 N–H and O–H groups in total. The van der Waals surface area contributed by atoms with E-state index in [1.165, 1.54) is 6.33 Å². The van der Waals surface area contributed by atoms with Gasteiger partial charge >= 0.3 is 0 Å². The monoisotopic (exact) mass is 272 g/mol. The molecule has 20 heavy (non-hydrogen) atoms. The first-order valence-corrected chi connectivity index (χ1v) is 6.37. The SMILES string of the molecule is CC(C)(C)c1cnc(CNc2ncnc3[nH]ncc23)o1. The molecule has 0 unspecified atom stereocenters. The molecule has 0 saturated heterocycles. The van der Waals surface area contributed by atoms with Crippen LogP contribution in [0.3, 0.4) is 0 Å². The van der Waals surface area contributed by atoms with Crippen molar-refractivity contribution in [3.8, 4) is 0 Å². The molecule has 0 bridgehead atoms. The number of rotatable bonds is 3. The summed E-state index contributed by atoms with van der Waals surface area (Å²) in [6.07, 6.45) is 4.94. The molecule has 7 nitrogen and oxygen atoms in total. The Hall–Kier alpha value is -2.44. The standard InChI is InChI=1S/C13H16N6O/c1-13(2,3)9-5-14-10(20-9)6-15-11-8-4-18-19-12(8)17-7-16-11/h4-5,7H,6H2,1-3H3,(H2,15,16,17,18,19). The molecule has 0 aromatic carbocycles. The first-order valence-electron chi connectivity index (χ1n) is 6.37. The summed E-state index contributed by atoms with van der Waals surface area (Å²) in [4.78, 5) is 12.6. The number of aromatic nitrogens is 5. The molecule has 7 heteroatoms. The number of nitrogens with one attached hydrogen (secondary N) is 2. The van der Waals surface area contributed by atoms with E-state index in [-0.39, 0.29) is 5.41 Å². The summed E-state index contributed by atoms with van der Waals surface area (Å²) in [5, 5.41) is 10.8. The van der Waals surface area contributed by atoms with E-state index in [1.54, 1.807) is 12.4 Å². The quantitative estimate of drug-likeness (QED) is 0.759. The first-order chi connectivity index (χ1) is 9.54. The number of fused-ring (bicyclic) bond motifs is 1. The molecule has 0 fully saturated rings. The molecular weight excluding hydrogens is 256 g/mol. The van der Waals surface area contributed by atoms with Crippen molar-refractivity contribution in [2.75, 3.05) is 5.32 Å². The highest BCUT2D eigenvalue weighted by atomic mass is 16.4. The molecular formula is C13H16N6O. The molecule has 0 atom stereocenters. The normalized spacial score (nSPS) is 11.9. The maximum Gasteiger partial charge on any atom is 0.213 e. The van der Waals surface area contributed by atoms with E-state index in [2.05, 4.69) is 51.2 Å². The van der Waals surface area contributed by atoms with Crippen molar-refractivity contribution < 1.29 is 4.42 Å². The van der Waals surface area contributed by atoms with Crippen molar-refractivity contribution in [2.24, 2.45) is 0 Å². The summed E-state index contributed by atoms with van der Waals surface area (Å²) >= 11 is 0. The third-order valence-electron chi connectivity index (χ3n) is 2.95. The van der Waals surface area contributed by atoms with E-state index in [0.29, 0.717) is 23.9 Å². The maximum atomic E-state index is 5.72. The van der Waals surface area contributed by atoms with Crippen LogP contribution in [0.1, 0.15) is 32.4 Å². The predicted octanol–water partition coefficient (Wildman–Crippen LogP) is 2.25. The van der Waals surface area contributed by atoms with Crippen LogP contribution in [-0.2, 0) is 12.0 Å². The lowest BCUT2D eigenvalue weighted by atomic mass is 9.94. The van der Waals surface area contributed by atoms with E-state index < -0.39 is 0 Å². The maximum absolute atomic E-state index is 5.72. The number of H-pyrrole nitrogens is 1. The van der Waals surface area contributed by atoms with Gasteiger partial charge in [-0.25, -0.2) is 15.0 Å². The van der Waals surface area contributed by atoms with Crippen molar-refractivity contribution >= 4 is 16.9 Å². The molecule has 0 amide bonds. The van der Waals surface area contributed by atoms with Gasteiger partial charge in [0.2, 0.25) is 5.89 Å². The molecule has 0 saturated carbocycles. The summed E-state index contributed by atoms with van der Waals surface area (Å²) in [6.45, 7) is 6.73. The van der Waals surface area contributed by atoms with Crippen LogP contribution in [0, 0.1) is 0 Å². The minimum Gasteiger partial charge on any atom is -0.443 e. The number of nitrogens with zero attached hydrogens (tertiary/aromatic N) is 4. The van der Waals surface area contributed by atoms with Gasteiger partial charge in [-0.2, -0.15) is 5.10 Å². The predicted molar refractivity (Wildman–Crippen MR) is 74.2 cm³/mol. The lowest BCUT2D eigenvalue weighted by Gasteiger charge is -2.13. The van der Waals surface area contributed by atoms with Crippen molar-refractivity contribution in [3.05, 3.63) is 30.4 Å². The Morgan fingerprint density at radius 1 is 1.20 bits per heavy atom. The largest absolute Gasteiger partial charge is 0.443 e. The third-order valence-corrected chi connectivity index (χ3v) is 2.95. The van der Waals surface area contributed by atoms with Crippen LogP contribution in [0.25, 0.3) is 11.0 Å². The molecule has 3 rings (SSSR count). The topological polar surface area (TPSA) is 92.5 Å². The van der Waals surface area contributed by atoms with Gasteiger partial charge in [-0.15, -0.1) is 0 Å². The average molecular weight is 272 g/mol. The summed E-state index contributed by atoms with van der Waals surface area (Å²) in [5.74, 6) is 2.20. The van der Waals surface area contributed by atoms with E-state index in [1.807, 2.05) is 0 Å². The summed E-state index contributed by atoms with van der Waals surface area (Å²) in [7, 11) is 0. The second kappa shape index (κ2) is 4.59. The van der Waals surface area contributed by atoms with E-state index >= 15 is 0 Å². The summed E-state index contributed by atoms with van der Waals surface area (Å²) < 4.78 is 5.72. The Morgan fingerprint density at radius 2 is 2.05 bits per heavy atom. The van der Waals surface area contributed by atoms with Crippen molar-refractivity contribution in [1.29, 1.82) is 0 Å². The van der Waals surface area contributed by atoms with Crippen LogP contribution >= 0.6 is 0 Å². The molecule has 3 aromatic heterocycles. The molecule has 0 aliphatic heterocycles. The second-order valence-electron chi connectivity index (χ2n) is 5.58. The fourth-order valence-electron chi connectivity index (χ4n) is 1.80. The van der Waals surface area contributed by atoms with Crippen molar-refractivity contribution in [2.45, 2.75) is 32.7 Å². The molecule has 0 radical (unpaired) electrons. The minimum absolute atomic E-state index is 0.0437. The Balaban J connectivity index is 1.76. The van der Waals surface area contributed by atoms with Crippen LogP contribution in [0.15, 0.2) is 23.1 Å². The van der Waals surface area contributed by atoms with E-state index in [9.17, 15) is 0 Å². The van der Waals surface area contributed by atoms with Crippen LogP contribution in [0.2, 0.25) is 0 Å².